The van der Waals surface area contributed by atoms with Gasteiger partial charge in [0, 0.05) is 5.54 Å². The molecule has 1 rings (SSSR count). The van der Waals surface area contributed by atoms with Crippen LogP contribution >= 0.6 is 0 Å². The molecule has 0 heterocycles. The van der Waals surface area contributed by atoms with Crippen LogP contribution in [0.4, 0.5) is 0 Å². The molecule has 0 aromatic heterocycles. The summed E-state index contributed by atoms with van der Waals surface area (Å²) in [5, 5.41) is 0. The van der Waals surface area contributed by atoms with Crippen LogP contribution in [0.15, 0.2) is 0 Å². The highest BCUT2D eigenvalue weighted by Gasteiger charge is 2.21. The second-order valence-electron chi connectivity index (χ2n) is 4.23. The van der Waals surface area contributed by atoms with Crippen LogP contribution in [0.3, 0.4) is 0 Å². The molecule has 1 unspecified atom stereocenters. The highest BCUT2D eigenvalue weighted by molar-refractivity contribution is 4.77. The molecule has 1 aliphatic rings. The molecule has 2 nitrogen and oxygen atoms in total. The molecule has 1 aliphatic carbocycles. The summed E-state index contributed by atoms with van der Waals surface area (Å²) in [5.41, 5.74) is 5.85. The van der Waals surface area contributed by atoms with Gasteiger partial charge in [-0.3, -0.25) is 0 Å². The summed E-state index contributed by atoms with van der Waals surface area (Å²) < 4.78 is 5.73. The third kappa shape index (κ3) is 3.11. The lowest BCUT2D eigenvalue weighted by Gasteiger charge is -2.24. The predicted octanol–water partition coefficient (Wildman–Crippen LogP) is 2.07. The fraction of sp³-hybridized carbons (Fsp3) is 1.00. The normalized spacial score (nSPS) is 24.2. The first-order chi connectivity index (χ1) is 5.64. The van der Waals surface area contributed by atoms with E-state index in [2.05, 4.69) is 13.8 Å². The molecule has 0 radical (unpaired) electrons. The second kappa shape index (κ2) is 4.24. The number of nitrogens with two attached hydrogens (primary N) is 1. The highest BCUT2D eigenvalue weighted by Crippen LogP contribution is 2.22. The van der Waals surface area contributed by atoms with Crippen LogP contribution in [0.1, 0.15) is 46.0 Å². The third-order valence-corrected chi connectivity index (χ3v) is 2.76. The topological polar surface area (TPSA) is 35.2 Å². The first-order valence-corrected chi connectivity index (χ1v) is 5.04. The smallest absolute Gasteiger partial charge is 0.0647 e. The van der Waals surface area contributed by atoms with Crippen molar-refractivity contribution < 1.29 is 4.74 Å². The summed E-state index contributed by atoms with van der Waals surface area (Å²) in [6.07, 6.45) is 6.62. The van der Waals surface area contributed by atoms with Crippen LogP contribution < -0.4 is 5.73 Å². The fourth-order valence-corrected chi connectivity index (χ4v) is 1.47. The Labute approximate surface area is 75.5 Å². The van der Waals surface area contributed by atoms with Crippen molar-refractivity contribution in [3.63, 3.8) is 0 Å². The molecule has 0 aliphatic heterocycles. The molecule has 1 saturated carbocycles. The third-order valence-electron chi connectivity index (χ3n) is 2.76. The van der Waals surface area contributed by atoms with Gasteiger partial charge in [-0.1, -0.05) is 19.8 Å². The van der Waals surface area contributed by atoms with Crippen molar-refractivity contribution in [3.05, 3.63) is 0 Å². The predicted molar refractivity (Wildman–Crippen MR) is 51.1 cm³/mol. The lowest BCUT2D eigenvalue weighted by Crippen LogP contribution is -2.41. The molecule has 2 heteroatoms. The molecule has 1 atom stereocenters. The summed E-state index contributed by atoms with van der Waals surface area (Å²) in [4.78, 5) is 0. The summed E-state index contributed by atoms with van der Waals surface area (Å²) >= 11 is 0. The molecule has 0 aromatic carbocycles. The van der Waals surface area contributed by atoms with Gasteiger partial charge < -0.3 is 10.5 Å². The van der Waals surface area contributed by atoms with E-state index in [4.69, 9.17) is 10.5 Å². The second-order valence-corrected chi connectivity index (χ2v) is 4.23. The Hall–Kier alpha value is -0.0800. The van der Waals surface area contributed by atoms with Crippen LogP contribution in [0.5, 0.6) is 0 Å². The van der Waals surface area contributed by atoms with Crippen molar-refractivity contribution in [1.82, 2.24) is 0 Å². The van der Waals surface area contributed by atoms with E-state index < -0.39 is 0 Å². The standard InChI is InChI=1S/C10H21NO/c1-3-10(2,11)8-12-9-6-4-5-7-9/h9H,3-8,11H2,1-2H3. The van der Waals surface area contributed by atoms with Gasteiger partial charge in [-0.05, 0) is 26.2 Å². The van der Waals surface area contributed by atoms with E-state index in [1.165, 1.54) is 25.7 Å². The quantitative estimate of drug-likeness (QED) is 0.702. The largest absolute Gasteiger partial charge is 0.376 e. The van der Waals surface area contributed by atoms with Crippen molar-refractivity contribution >= 4 is 0 Å². The monoisotopic (exact) mass is 171 g/mol. The average Bonchev–Trinajstić information content (AvgIpc) is 2.53. The van der Waals surface area contributed by atoms with Crippen molar-refractivity contribution in [2.24, 2.45) is 5.73 Å². The Morgan fingerprint density at radius 2 is 2.00 bits per heavy atom. The Bertz CT molecular complexity index is 128. The van der Waals surface area contributed by atoms with E-state index in [0.29, 0.717) is 12.7 Å². The lowest BCUT2D eigenvalue weighted by molar-refractivity contribution is 0.0270. The Morgan fingerprint density at radius 1 is 1.42 bits per heavy atom. The average molecular weight is 171 g/mol. The molecular formula is C10H21NO. The SMILES string of the molecule is CCC(C)(N)COC1CCCC1. The molecule has 0 spiro atoms. The zero-order chi connectivity index (χ0) is 9.03. The molecule has 0 saturated heterocycles. The molecule has 72 valence electrons. The maximum Gasteiger partial charge on any atom is 0.0647 e. The summed E-state index contributed by atoms with van der Waals surface area (Å²) in [6, 6.07) is 0. The zero-order valence-corrected chi connectivity index (χ0v) is 8.31. The van der Waals surface area contributed by atoms with Crippen LogP contribution in [0.25, 0.3) is 0 Å². The van der Waals surface area contributed by atoms with Crippen LogP contribution in [-0.2, 0) is 4.74 Å². The summed E-state index contributed by atoms with van der Waals surface area (Å²) in [7, 11) is 0. The molecule has 2 N–H and O–H groups in total. The van der Waals surface area contributed by atoms with Gasteiger partial charge in [0.05, 0.1) is 12.7 Å². The van der Waals surface area contributed by atoms with Gasteiger partial charge in [-0.25, -0.2) is 0 Å². The first-order valence-electron chi connectivity index (χ1n) is 5.04. The molecule has 0 aromatic rings. The van der Waals surface area contributed by atoms with Gasteiger partial charge in [0.1, 0.15) is 0 Å². The highest BCUT2D eigenvalue weighted by atomic mass is 16.5. The maximum atomic E-state index is 5.97. The van der Waals surface area contributed by atoms with Crippen molar-refractivity contribution in [2.75, 3.05) is 6.61 Å². The van der Waals surface area contributed by atoms with Crippen molar-refractivity contribution in [1.29, 1.82) is 0 Å². The Balaban J connectivity index is 2.15. The molecule has 1 fully saturated rings. The number of hydrogen-bond donors (Lipinski definition) is 1. The number of ether oxygens (including phenoxy) is 1. The molecular weight excluding hydrogens is 150 g/mol. The number of hydrogen-bond acceptors (Lipinski definition) is 2. The van der Waals surface area contributed by atoms with Crippen LogP contribution in [-0.4, -0.2) is 18.2 Å². The van der Waals surface area contributed by atoms with E-state index >= 15 is 0 Å². The van der Waals surface area contributed by atoms with Crippen molar-refractivity contribution in [3.8, 4) is 0 Å². The lowest BCUT2D eigenvalue weighted by atomic mass is 10.0. The maximum absolute atomic E-state index is 5.97. The van der Waals surface area contributed by atoms with E-state index in [9.17, 15) is 0 Å². The van der Waals surface area contributed by atoms with Crippen LogP contribution in [0.2, 0.25) is 0 Å². The van der Waals surface area contributed by atoms with E-state index in [1.807, 2.05) is 0 Å². The van der Waals surface area contributed by atoms with Gasteiger partial charge in [0.25, 0.3) is 0 Å². The first kappa shape index (κ1) is 10.0. The summed E-state index contributed by atoms with van der Waals surface area (Å²) in [6.45, 7) is 4.88. The van der Waals surface area contributed by atoms with Gasteiger partial charge in [-0.2, -0.15) is 0 Å². The fourth-order valence-electron chi connectivity index (χ4n) is 1.47. The van der Waals surface area contributed by atoms with E-state index in [0.717, 1.165) is 6.42 Å². The summed E-state index contributed by atoms with van der Waals surface area (Å²) in [5.74, 6) is 0. The molecule has 0 amide bonds. The minimum atomic E-state index is -0.122. The van der Waals surface area contributed by atoms with E-state index in [-0.39, 0.29) is 5.54 Å². The van der Waals surface area contributed by atoms with Gasteiger partial charge in [0.2, 0.25) is 0 Å². The minimum Gasteiger partial charge on any atom is -0.376 e. The zero-order valence-electron chi connectivity index (χ0n) is 8.31. The van der Waals surface area contributed by atoms with Gasteiger partial charge >= 0.3 is 0 Å². The van der Waals surface area contributed by atoms with E-state index in [1.54, 1.807) is 0 Å². The van der Waals surface area contributed by atoms with Gasteiger partial charge in [-0.15, -0.1) is 0 Å². The van der Waals surface area contributed by atoms with Crippen molar-refractivity contribution in [2.45, 2.75) is 57.6 Å². The minimum absolute atomic E-state index is 0.122. The Kier molecular flexibility index (Phi) is 3.53. The molecule has 0 bridgehead atoms. The Morgan fingerprint density at radius 3 is 2.50 bits per heavy atom. The molecule has 12 heavy (non-hydrogen) atoms. The van der Waals surface area contributed by atoms with Gasteiger partial charge in [0.15, 0.2) is 0 Å². The number of rotatable bonds is 4. The van der Waals surface area contributed by atoms with Crippen LogP contribution in [0, 0.1) is 0 Å².